The van der Waals surface area contributed by atoms with Crippen LogP contribution in [0, 0.1) is 0 Å². The molecule has 1 aromatic rings. The van der Waals surface area contributed by atoms with Gasteiger partial charge in [0.15, 0.2) is 12.1 Å². The van der Waals surface area contributed by atoms with E-state index in [4.69, 9.17) is 9.47 Å². The third kappa shape index (κ3) is 2.85. The molecule has 2 heterocycles. The van der Waals surface area contributed by atoms with Crippen LogP contribution in [0.1, 0.15) is 22.3 Å². The molecule has 1 fully saturated rings. The van der Waals surface area contributed by atoms with Crippen LogP contribution in [0.5, 0.6) is 0 Å². The SMILES string of the molecule is O=C(CC1OCCO1)c1cnccc1C(F)(F)F. The first kappa shape index (κ1) is 13.0. The van der Waals surface area contributed by atoms with Gasteiger partial charge in [-0.1, -0.05) is 0 Å². The number of alkyl halides is 3. The molecule has 0 aliphatic carbocycles. The number of carbonyl (C=O) groups is 1. The Hall–Kier alpha value is -1.47. The summed E-state index contributed by atoms with van der Waals surface area (Å²) in [7, 11) is 0. The highest BCUT2D eigenvalue weighted by atomic mass is 19.4. The highest BCUT2D eigenvalue weighted by molar-refractivity contribution is 5.97. The minimum Gasteiger partial charge on any atom is -0.350 e. The molecule has 4 nitrogen and oxygen atoms in total. The number of carbonyl (C=O) groups excluding carboxylic acids is 1. The standard InChI is InChI=1S/C11H10F3NO3/c12-11(13,14)8-1-2-15-6-7(8)9(16)5-10-17-3-4-18-10/h1-2,6,10H,3-5H2. The lowest BCUT2D eigenvalue weighted by atomic mass is 10.0. The van der Waals surface area contributed by atoms with Gasteiger partial charge in [0.2, 0.25) is 0 Å². The van der Waals surface area contributed by atoms with Crippen molar-refractivity contribution in [3.63, 3.8) is 0 Å². The van der Waals surface area contributed by atoms with E-state index < -0.39 is 29.4 Å². The summed E-state index contributed by atoms with van der Waals surface area (Å²) in [5, 5.41) is 0. The Morgan fingerprint density at radius 1 is 1.39 bits per heavy atom. The van der Waals surface area contributed by atoms with Crippen LogP contribution in [0.4, 0.5) is 13.2 Å². The minimum atomic E-state index is -4.58. The van der Waals surface area contributed by atoms with Gasteiger partial charge < -0.3 is 9.47 Å². The molecule has 98 valence electrons. The molecule has 18 heavy (non-hydrogen) atoms. The summed E-state index contributed by atoms with van der Waals surface area (Å²) in [6.07, 6.45) is -3.67. The van der Waals surface area contributed by atoms with E-state index in [1.165, 1.54) is 0 Å². The second-order valence-corrected chi connectivity index (χ2v) is 3.72. The predicted octanol–water partition coefficient (Wildman–Crippen LogP) is 2.05. The molecule has 0 atom stereocenters. The van der Waals surface area contributed by atoms with Gasteiger partial charge in [0.1, 0.15) is 0 Å². The summed E-state index contributed by atoms with van der Waals surface area (Å²) in [6, 6.07) is 0.781. The Morgan fingerprint density at radius 3 is 2.67 bits per heavy atom. The van der Waals surface area contributed by atoms with Crippen LogP contribution in [0.15, 0.2) is 18.5 Å². The smallest absolute Gasteiger partial charge is 0.350 e. The number of hydrogen-bond acceptors (Lipinski definition) is 4. The Kier molecular flexibility index (Phi) is 3.63. The number of hydrogen-bond donors (Lipinski definition) is 0. The first-order chi connectivity index (χ1) is 8.48. The number of halogens is 3. The number of ether oxygens (including phenoxy) is 2. The highest BCUT2D eigenvalue weighted by Gasteiger charge is 2.35. The van der Waals surface area contributed by atoms with Crippen molar-refractivity contribution in [1.29, 1.82) is 0 Å². The van der Waals surface area contributed by atoms with Crippen LogP contribution in [0.25, 0.3) is 0 Å². The number of nitrogens with zero attached hydrogens (tertiary/aromatic N) is 1. The molecule has 0 spiro atoms. The second-order valence-electron chi connectivity index (χ2n) is 3.72. The number of ketones is 1. The summed E-state index contributed by atoms with van der Waals surface area (Å²) >= 11 is 0. The molecule has 2 rings (SSSR count). The van der Waals surface area contributed by atoms with Crippen LogP contribution in [-0.2, 0) is 15.7 Å². The van der Waals surface area contributed by atoms with E-state index in [2.05, 4.69) is 4.98 Å². The van der Waals surface area contributed by atoms with Gasteiger partial charge in [-0.05, 0) is 6.07 Å². The van der Waals surface area contributed by atoms with E-state index >= 15 is 0 Å². The minimum absolute atomic E-state index is 0.241. The Morgan fingerprint density at radius 2 is 2.06 bits per heavy atom. The Labute approximate surface area is 101 Å². The average Bonchev–Trinajstić information content (AvgIpc) is 2.80. The maximum absolute atomic E-state index is 12.7. The molecule has 1 aromatic heterocycles. The third-order valence-electron chi connectivity index (χ3n) is 2.47. The van der Waals surface area contributed by atoms with Gasteiger partial charge in [0.05, 0.1) is 25.2 Å². The molecular formula is C11H10F3NO3. The zero-order chi connectivity index (χ0) is 13.2. The van der Waals surface area contributed by atoms with Crippen molar-refractivity contribution >= 4 is 5.78 Å². The molecular weight excluding hydrogens is 251 g/mol. The summed E-state index contributed by atoms with van der Waals surface area (Å²) in [5.41, 5.74) is -1.44. The summed E-state index contributed by atoms with van der Waals surface area (Å²) in [5.74, 6) is -0.692. The van der Waals surface area contributed by atoms with Crippen molar-refractivity contribution < 1.29 is 27.4 Å². The zero-order valence-corrected chi connectivity index (χ0v) is 9.24. The molecule has 0 radical (unpaired) electrons. The maximum atomic E-state index is 12.7. The molecule has 1 aliphatic rings. The number of aromatic nitrogens is 1. The van der Waals surface area contributed by atoms with E-state index in [1.807, 2.05) is 0 Å². The van der Waals surface area contributed by atoms with Crippen LogP contribution < -0.4 is 0 Å². The Bertz CT molecular complexity index is 441. The first-order valence-corrected chi connectivity index (χ1v) is 5.26. The van der Waals surface area contributed by atoms with Crippen molar-refractivity contribution in [3.8, 4) is 0 Å². The molecule has 0 unspecified atom stereocenters. The van der Waals surface area contributed by atoms with Crippen molar-refractivity contribution in [2.75, 3.05) is 13.2 Å². The first-order valence-electron chi connectivity index (χ1n) is 5.26. The summed E-state index contributed by atoms with van der Waals surface area (Å²) in [6.45, 7) is 0.689. The van der Waals surface area contributed by atoms with Crippen LogP contribution in [-0.4, -0.2) is 30.3 Å². The van der Waals surface area contributed by atoms with Gasteiger partial charge in [0, 0.05) is 18.0 Å². The van der Waals surface area contributed by atoms with Crippen molar-refractivity contribution in [2.45, 2.75) is 18.9 Å². The Balaban J connectivity index is 2.19. The lowest BCUT2D eigenvalue weighted by Gasteiger charge is -2.12. The van der Waals surface area contributed by atoms with Crippen LogP contribution >= 0.6 is 0 Å². The maximum Gasteiger partial charge on any atom is 0.417 e. The number of Topliss-reactive ketones (excluding diaryl/α,β-unsaturated/α-hetero) is 1. The van der Waals surface area contributed by atoms with Crippen LogP contribution in [0.2, 0.25) is 0 Å². The fraction of sp³-hybridized carbons (Fsp3) is 0.455. The van der Waals surface area contributed by atoms with Gasteiger partial charge in [-0.15, -0.1) is 0 Å². The molecule has 1 saturated heterocycles. The molecule has 7 heteroatoms. The number of rotatable bonds is 3. The van der Waals surface area contributed by atoms with Gasteiger partial charge in [-0.3, -0.25) is 9.78 Å². The van der Waals surface area contributed by atoms with Crippen molar-refractivity contribution in [2.24, 2.45) is 0 Å². The molecule has 0 saturated carbocycles. The van der Waals surface area contributed by atoms with Crippen LogP contribution in [0.3, 0.4) is 0 Å². The predicted molar refractivity (Wildman–Crippen MR) is 53.9 cm³/mol. The monoisotopic (exact) mass is 261 g/mol. The largest absolute Gasteiger partial charge is 0.417 e. The zero-order valence-electron chi connectivity index (χ0n) is 9.24. The molecule has 0 amide bonds. The molecule has 0 N–H and O–H groups in total. The highest BCUT2D eigenvalue weighted by Crippen LogP contribution is 2.32. The average molecular weight is 261 g/mol. The van der Waals surface area contributed by atoms with E-state index in [0.717, 1.165) is 18.5 Å². The van der Waals surface area contributed by atoms with Gasteiger partial charge >= 0.3 is 6.18 Å². The normalized spacial score (nSPS) is 17.1. The second kappa shape index (κ2) is 5.03. The van der Waals surface area contributed by atoms with Gasteiger partial charge in [-0.25, -0.2) is 0 Å². The topological polar surface area (TPSA) is 48.4 Å². The van der Waals surface area contributed by atoms with Crippen molar-refractivity contribution in [1.82, 2.24) is 4.98 Å². The lowest BCUT2D eigenvalue weighted by molar-refractivity contribution is -0.138. The fourth-order valence-electron chi connectivity index (χ4n) is 1.65. The summed E-state index contributed by atoms with van der Waals surface area (Å²) < 4.78 is 48.1. The number of pyridine rings is 1. The molecule has 1 aliphatic heterocycles. The molecule has 0 bridgehead atoms. The van der Waals surface area contributed by atoms with Crippen molar-refractivity contribution in [3.05, 3.63) is 29.6 Å². The van der Waals surface area contributed by atoms with Gasteiger partial charge in [-0.2, -0.15) is 13.2 Å². The summed E-state index contributed by atoms with van der Waals surface area (Å²) in [4.78, 5) is 15.3. The quantitative estimate of drug-likeness (QED) is 0.781. The van der Waals surface area contributed by atoms with Gasteiger partial charge in [0.25, 0.3) is 0 Å². The van der Waals surface area contributed by atoms with E-state index in [0.29, 0.717) is 13.2 Å². The van der Waals surface area contributed by atoms with E-state index in [9.17, 15) is 18.0 Å². The van der Waals surface area contributed by atoms with E-state index in [-0.39, 0.29) is 6.42 Å². The lowest BCUT2D eigenvalue weighted by Crippen LogP contribution is -2.18. The molecule has 0 aromatic carbocycles. The van der Waals surface area contributed by atoms with E-state index in [1.54, 1.807) is 0 Å². The third-order valence-corrected chi connectivity index (χ3v) is 2.47. The fourth-order valence-corrected chi connectivity index (χ4v) is 1.65.